The van der Waals surface area contributed by atoms with Crippen LogP contribution in [0.3, 0.4) is 0 Å². The highest BCUT2D eigenvalue weighted by molar-refractivity contribution is 7.93. The van der Waals surface area contributed by atoms with Crippen LogP contribution in [-0.4, -0.2) is 67.6 Å². The normalized spacial score (nSPS) is 14.5. The number of carbonyl (C=O) groups is 2. The average molecular weight is 574 g/mol. The molecule has 1 aliphatic heterocycles. The Morgan fingerprint density at radius 3 is 2.40 bits per heavy atom. The fraction of sp³-hybridized carbons (Fsp3) is 0.393. The van der Waals surface area contributed by atoms with Crippen LogP contribution in [0.2, 0.25) is 0 Å². The summed E-state index contributed by atoms with van der Waals surface area (Å²) in [5.41, 5.74) is -0.0104. The van der Waals surface area contributed by atoms with E-state index in [9.17, 15) is 22.4 Å². The number of piperidine rings is 1. The number of nitrogens with zero attached hydrogens (tertiary/aromatic N) is 3. The number of likely N-dealkylation sites (tertiary alicyclic amines) is 1. The number of nitriles is 1. The smallest absolute Gasteiger partial charge is 0.410 e. The topological polar surface area (TPSA) is 137 Å². The Balaban J connectivity index is 1.68. The van der Waals surface area contributed by atoms with Crippen molar-refractivity contribution >= 4 is 33.8 Å². The standard InChI is InChI=1S/C28H32FN3O7S/c1-28(2,3)39-27(35)31-15-12-24(13-16-31)38-23-9-7-22(8-10-23)32(40(36,37)19-26(33)34)14-4-5-20-6-11-25(29)21(17-20)18-30/h4-11,17,24H,12-16,19H2,1-3H3,(H,33,34). The van der Waals surface area contributed by atoms with Gasteiger partial charge in [-0.1, -0.05) is 18.2 Å². The second kappa shape index (κ2) is 12.8. The highest BCUT2D eigenvalue weighted by atomic mass is 32.2. The molecule has 0 bridgehead atoms. The molecule has 0 unspecified atom stereocenters. The molecule has 1 saturated heterocycles. The first kappa shape index (κ1) is 30.4. The number of ether oxygens (including phenoxy) is 2. The van der Waals surface area contributed by atoms with Crippen LogP contribution < -0.4 is 9.04 Å². The molecule has 0 aromatic heterocycles. The molecule has 2 aromatic rings. The summed E-state index contributed by atoms with van der Waals surface area (Å²) >= 11 is 0. The number of benzene rings is 2. The zero-order valence-electron chi connectivity index (χ0n) is 22.5. The van der Waals surface area contributed by atoms with E-state index < -0.39 is 33.2 Å². The maximum atomic E-state index is 13.6. The Morgan fingerprint density at radius 1 is 1.18 bits per heavy atom. The predicted octanol–water partition coefficient (Wildman–Crippen LogP) is 4.41. The van der Waals surface area contributed by atoms with Gasteiger partial charge in [0.2, 0.25) is 10.0 Å². The summed E-state index contributed by atoms with van der Waals surface area (Å²) in [4.78, 5) is 25.1. The second-order valence-corrected chi connectivity index (χ2v) is 12.1. The number of hydrogen-bond acceptors (Lipinski definition) is 7. The summed E-state index contributed by atoms with van der Waals surface area (Å²) in [5.74, 6) is -2.77. The Kier molecular flexibility index (Phi) is 9.76. The number of hydrogen-bond donors (Lipinski definition) is 1. The lowest BCUT2D eigenvalue weighted by molar-refractivity contribution is -0.134. The lowest BCUT2D eigenvalue weighted by atomic mass is 10.1. The van der Waals surface area contributed by atoms with Crippen molar-refractivity contribution in [3.63, 3.8) is 0 Å². The molecule has 12 heteroatoms. The summed E-state index contributed by atoms with van der Waals surface area (Å²) in [5, 5.41) is 18.1. The molecule has 3 rings (SSSR count). The van der Waals surface area contributed by atoms with E-state index in [1.165, 1.54) is 36.4 Å². The van der Waals surface area contributed by atoms with Gasteiger partial charge in [0.1, 0.15) is 29.3 Å². The molecule has 2 aromatic carbocycles. The maximum Gasteiger partial charge on any atom is 0.410 e. The van der Waals surface area contributed by atoms with E-state index in [2.05, 4.69) is 0 Å². The summed E-state index contributed by atoms with van der Waals surface area (Å²) in [6.45, 7) is 6.20. The lowest BCUT2D eigenvalue weighted by Gasteiger charge is -2.33. The van der Waals surface area contributed by atoms with Gasteiger partial charge in [0.15, 0.2) is 5.75 Å². The van der Waals surface area contributed by atoms with E-state index in [1.54, 1.807) is 23.1 Å². The number of rotatable bonds is 9. The number of carbonyl (C=O) groups excluding carboxylic acids is 1. The van der Waals surface area contributed by atoms with E-state index in [0.29, 0.717) is 37.2 Å². The van der Waals surface area contributed by atoms with Crippen LogP contribution >= 0.6 is 0 Å². The molecule has 1 heterocycles. The number of halogens is 1. The number of aliphatic carboxylic acids is 1. The van der Waals surface area contributed by atoms with Crippen molar-refractivity contribution in [1.29, 1.82) is 5.26 Å². The van der Waals surface area contributed by atoms with Crippen LogP contribution in [0.5, 0.6) is 5.75 Å². The fourth-order valence-corrected chi connectivity index (χ4v) is 5.22. The van der Waals surface area contributed by atoms with E-state index in [1.807, 2.05) is 20.8 Å². The molecule has 1 aliphatic rings. The van der Waals surface area contributed by atoms with Crippen molar-refractivity contribution in [3.05, 3.63) is 65.5 Å². The number of anilines is 1. The van der Waals surface area contributed by atoms with Gasteiger partial charge in [0.05, 0.1) is 17.8 Å². The minimum atomic E-state index is -4.24. The molecule has 0 radical (unpaired) electrons. The average Bonchev–Trinajstić information content (AvgIpc) is 2.86. The SMILES string of the molecule is CC(C)(C)OC(=O)N1CCC(Oc2ccc(N(CC=Cc3ccc(F)c(C#N)c3)S(=O)(=O)CC(=O)O)cc2)CC1. The summed E-state index contributed by atoms with van der Waals surface area (Å²) in [7, 11) is -4.24. The Labute approximate surface area is 233 Å². The van der Waals surface area contributed by atoms with Gasteiger partial charge in [-0.15, -0.1) is 0 Å². The summed E-state index contributed by atoms with van der Waals surface area (Å²) < 4.78 is 51.7. The monoisotopic (exact) mass is 573 g/mol. The van der Waals surface area contributed by atoms with Crippen molar-refractivity contribution in [1.82, 2.24) is 4.90 Å². The third-order valence-corrected chi connectivity index (χ3v) is 7.50. The summed E-state index contributed by atoms with van der Waals surface area (Å²) in [6, 6.07) is 11.9. The minimum Gasteiger partial charge on any atom is -0.490 e. The van der Waals surface area contributed by atoms with Gasteiger partial charge in [0.25, 0.3) is 0 Å². The highest BCUT2D eigenvalue weighted by Crippen LogP contribution is 2.25. The van der Waals surface area contributed by atoms with Gasteiger partial charge in [-0.3, -0.25) is 9.10 Å². The lowest BCUT2D eigenvalue weighted by Crippen LogP contribution is -2.44. The first-order valence-corrected chi connectivity index (χ1v) is 14.2. The molecule has 0 saturated carbocycles. The van der Waals surface area contributed by atoms with Gasteiger partial charge in [-0.05, 0) is 62.7 Å². The zero-order chi connectivity index (χ0) is 29.5. The molecule has 0 aliphatic carbocycles. The Hall–Kier alpha value is -4.11. The Morgan fingerprint density at radius 2 is 1.82 bits per heavy atom. The molecule has 40 heavy (non-hydrogen) atoms. The molecule has 0 spiro atoms. The zero-order valence-corrected chi connectivity index (χ0v) is 23.4. The number of amides is 1. The molecule has 10 nitrogen and oxygen atoms in total. The fourth-order valence-electron chi connectivity index (χ4n) is 4.00. The Bertz CT molecular complexity index is 1390. The van der Waals surface area contributed by atoms with E-state index in [0.717, 1.165) is 10.4 Å². The molecule has 1 N–H and O–H groups in total. The van der Waals surface area contributed by atoms with Crippen LogP contribution in [0.15, 0.2) is 48.5 Å². The van der Waals surface area contributed by atoms with Crippen LogP contribution in [0, 0.1) is 17.1 Å². The number of carboxylic acid groups (broad SMARTS) is 1. The van der Waals surface area contributed by atoms with Crippen molar-refractivity contribution in [2.24, 2.45) is 0 Å². The number of sulfonamides is 1. The second-order valence-electron chi connectivity index (χ2n) is 10.2. The predicted molar refractivity (Wildman–Crippen MR) is 147 cm³/mol. The van der Waals surface area contributed by atoms with Gasteiger partial charge in [0, 0.05) is 25.9 Å². The van der Waals surface area contributed by atoms with Crippen molar-refractivity contribution < 1.29 is 37.0 Å². The largest absolute Gasteiger partial charge is 0.490 e. The minimum absolute atomic E-state index is 0.145. The first-order chi connectivity index (χ1) is 18.8. The maximum absolute atomic E-state index is 13.6. The van der Waals surface area contributed by atoms with Gasteiger partial charge >= 0.3 is 12.1 Å². The van der Waals surface area contributed by atoms with Crippen molar-refractivity contribution in [2.75, 3.05) is 29.7 Å². The number of carboxylic acids is 1. The van der Waals surface area contributed by atoms with Crippen LogP contribution in [-0.2, 0) is 19.6 Å². The van der Waals surface area contributed by atoms with Gasteiger partial charge in [-0.2, -0.15) is 5.26 Å². The molecular formula is C28H32FN3O7S. The van der Waals surface area contributed by atoms with Gasteiger partial charge in [-0.25, -0.2) is 17.6 Å². The molecule has 1 amide bonds. The summed E-state index contributed by atoms with van der Waals surface area (Å²) in [6.07, 6.45) is 3.69. The van der Waals surface area contributed by atoms with E-state index in [4.69, 9.17) is 19.8 Å². The third-order valence-electron chi connectivity index (χ3n) is 5.86. The molecule has 1 fully saturated rings. The van der Waals surface area contributed by atoms with Crippen LogP contribution in [0.25, 0.3) is 6.08 Å². The van der Waals surface area contributed by atoms with Crippen LogP contribution in [0.4, 0.5) is 14.9 Å². The third kappa shape index (κ3) is 8.71. The van der Waals surface area contributed by atoms with Crippen LogP contribution in [0.1, 0.15) is 44.7 Å². The molecule has 0 atom stereocenters. The quantitative estimate of drug-likeness (QED) is 0.466. The highest BCUT2D eigenvalue weighted by Gasteiger charge is 2.28. The van der Waals surface area contributed by atoms with Crippen molar-refractivity contribution in [3.8, 4) is 11.8 Å². The van der Waals surface area contributed by atoms with E-state index >= 15 is 0 Å². The van der Waals surface area contributed by atoms with E-state index in [-0.39, 0.29) is 30.0 Å². The molecular weight excluding hydrogens is 541 g/mol. The molecule has 214 valence electrons. The first-order valence-electron chi connectivity index (χ1n) is 12.6. The van der Waals surface area contributed by atoms with Crippen molar-refractivity contribution in [2.45, 2.75) is 45.3 Å². The van der Waals surface area contributed by atoms with Gasteiger partial charge < -0.3 is 19.5 Å².